The van der Waals surface area contributed by atoms with Crippen molar-refractivity contribution in [3.05, 3.63) is 12.2 Å². The van der Waals surface area contributed by atoms with Crippen LogP contribution >= 0.6 is 0 Å². The van der Waals surface area contributed by atoms with Gasteiger partial charge in [0.15, 0.2) is 0 Å². The van der Waals surface area contributed by atoms with E-state index in [4.69, 9.17) is 0 Å². The molecule has 4 aliphatic rings. The fraction of sp³-hybridized carbons (Fsp3) is 0.556. The zero-order chi connectivity index (χ0) is 7.59. The van der Waals surface area contributed by atoms with Gasteiger partial charge in [-0.1, -0.05) is 12.2 Å². The van der Waals surface area contributed by atoms with Gasteiger partial charge in [0.1, 0.15) is 0 Å². The van der Waals surface area contributed by atoms with Crippen molar-refractivity contribution in [1.82, 2.24) is 0 Å². The molecule has 2 fully saturated rings. The molecular weight excluding hydrogens is 140 g/mol. The zero-order valence-electron chi connectivity index (χ0n) is 5.99. The Morgan fingerprint density at radius 1 is 1.00 bits per heavy atom. The second-order valence-electron chi connectivity index (χ2n) is 3.73. The van der Waals surface area contributed by atoms with Gasteiger partial charge >= 0.3 is 0 Å². The van der Waals surface area contributed by atoms with Gasteiger partial charge in [-0.3, -0.25) is 9.59 Å². The summed E-state index contributed by atoms with van der Waals surface area (Å²) < 4.78 is 0. The quantitative estimate of drug-likeness (QED) is 0.372. The Balaban J connectivity index is 2.16. The van der Waals surface area contributed by atoms with Gasteiger partial charge in [0.2, 0.25) is 11.6 Å². The van der Waals surface area contributed by atoms with E-state index in [9.17, 15) is 9.59 Å². The number of rotatable bonds is 0. The van der Waals surface area contributed by atoms with E-state index >= 15 is 0 Å². The molecule has 4 unspecified atom stereocenters. The lowest BCUT2D eigenvalue weighted by atomic mass is 9.74. The Morgan fingerprint density at radius 3 is 1.91 bits per heavy atom. The molecule has 0 radical (unpaired) electrons. The second kappa shape index (κ2) is 1.47. The van der Waals surface area contributed by atoms with Crippen LogP contribution in [0.2, 0.25) is 0 Å². The summed E-state index contributed by atoms with van der Waals surface area (Å²) in [4.78, 5) is 22.4. The molecule has 4 atom stereocenters. The van der Waals surface area contributed by atoms with Crippen molar-refractivity contribution in [2.75, 3.05) is 0 Å². The highest BCUT2D eigenvalue weighted by Gasteiger charge is 2.59. The Kier molecular flexibility index (Phi) is 0.761. The van der Waals surface area contributed by atoms with E-state index < -0.39 is 0 Å². The Hall–Kier alpha value is -0.920. The van der Waals surface area contributed by atoms with Gasteiger partial charge in [0, 0.05) is 11.8 Å². The minimum absolute atomic E-state index is 0.0301. The summed E-state index contributed by atoms with van der Waals surface area (Å²) in [6.45, 7) is 0. The molecule has 0 saturated heterocycles. The number of hydrogen-bond acceptors (Lipinski definition) is 2. The SMILES string of the molecule is O=C1C(=O)C2C=CC1C1CC21. The normalized spacial score (nSPS) is 51.3. The summed E-state index contributed by atoms with van der Waals surface area (Å²) in [7, 11) is 0. The smallest absolute Gasteiger partial charge is 0.206 e. The zero-order valence-corrected chi connectivity index (χ0v) is 5.99. The molecule has 0 spiro atoms. The molecule has 2 heteroatoms. The van der Waals surface area contributed by atoms with Crippen LogP contribution < -0.4 is 0 Å². The van der Waals surface area contributed by atoms with Crippen LogP contribution in [0.15, 0.2) is 12.2 Å². The Morgan fingerprint density at radius 2 is 1.45 bits per heavy atom. The summed E-state index contributed by atoms with van der Waals surface area (Å²) in [6.07, 6.45) is 4.96. The standard InChI is InChI=1S/C9H8O2/c10-8-4-1-2-5(9(8)11)7-3-6(4)7/h1-2,4-7H,3H2. The molecule has 0 aromatic rings. The molecule has 56 valence electrons. The lowest BCUT2D eigenvalue weighted by Crippen LogP contribution is -2.39. The molecule has 4 aliphatic carbocycles. The summed E-state index contributed by atoms with van der Waals surface area (Å²) in [5.41, 5.74) is 0. The predicted octanol–water partition coefficient (Wildman–Crippen LogP) is 0.576. The van der Waals surface area contributed by atoms with Gasteiger partial charge < -0.3 is 0 Å². The number of ketones is 2. The van der Waals surface area contributed by atoms with E-state index in [0.29, 0.717) is 11.8 Å². The van der Waals surface area contributed by atoms with Crippen LogP contribution in [-0.4, -0.2) is 11.6 Å². The molecule has 0 N–H and O–H groups in total. The first-order valence-electron chi connectivity index (χ1n) is 4.05. The van der Waals surface area contributed by atoms with Gasteiger partial charge in [-0.25, -0.2) is 0 Å². The molecule has 2 nitrogen and oxygen atoms in total. The van der Waals surface area contributed by atoms with Crippen LogP contribution in [0.25, 0.3) is 0 Å². The molecule has 0 amide bonds. The predicted molar refractivity (Wildman–Crippen MR) is 37.7 cm³/mol. The maximum Gasteiger partial charge on any atom is 0.206 e. The van der Waals surface area contributed by atoms with Crippen LogP contribution in [0.1, 0.15) is 6.42 Å². The molecule has 0 heterocycles. The number of carbonyl (C=O) groups excluding carboxylic acids is 2. The van der Waals surface area contributed by atoms with E-state index in [1.54, 1.807) is 0 Å². The van der Waals surface area contributed by atoms with Crippen molar-refractivity contribution < 1.29 is 9.59 Å². The van der Waals surface area contributed by atoms with Gasteiger partial charge in [0.25, 0.3) is 0 Å². The van der Waals surface area contributed by atoms with E-state index in [1.807, 2.05) is 12.2 Å². The van der Waals surface area contributed by atoms with E-state index in [2.05, 4.69) is 0 Å². The third kappa shape index (κ3) is 0.503. The summed E-state index contributed by atoms with van der Waals surface area (Å²) in [6, 6.07) is 0. The highest BCUT2D eigenvalue weighted by atomic mass is 16.2. The number of Topliss-reactive ketones (excluding diaryl/α,β-unsaturated/α-hetero) is 2. The minimum atomic E-state index is -0.128. The fourth-order valence-corrected chi connectivity index (χ4v) is 2.48. The van der Waals surface area contributed by atoms with Crippen molar-refractivity contribution in [3.8, 4) is 0 Å². The third-order valence-corrected chi connectivity index (χ3v) is 3.19. The number of carbonyl (C=O) groups is 2. The molecule has 0 aromatic carbocycles. The van der Waals surface area contributed by atoms with Gasteiger partial charge in [-0.2, -0.15) is 0 Å². The molecule has 2 saturated carbocycles. The van der Waals surface area contributed by atoms with Crippen molar-refractivity contribution in [2.24, 2.45) is 23.7 Å². The van der Waals surface area contributed by atoms with E-state index in [-0.39, 0.29) is 23.4 Å². The van der Waals surface area contributed by atoms with Crippen LogP contribution in [0, 0.1) is 23.7 Å². The van der Waals surface area contributed by atoms with E-state index in [0.717, 1.165) is 6.42 Å². The Labute approximate surface area is 64.3 Å². The second-order valence-corrected chi connectivity index (χ2v) is 3.73. The lowest BCUT2D eigenvalue weighted by Gasteiger charge is -2.26. The Bertz CT molecular complexity index is 262. The molecule has 4 rings (SSSR count). The molecule has 0 aliphatic heterocycles. The van der Waals surface area contributed by atoms with Crippen molar-refractivity contribution in [1.29, 1.82) is 0 Å². The fourth-order valence-electron chi connectivity index (χ4n) is 2.48. The van der Waals surface area contributed by atoms with Crippen LogP contribution in [0.4, 0.5) is 0 Å². The van der Waals surface area contributed by atoms with Crippen molar-refractivity contribution in [2.45, 2.75) is 6.42 Å². The van der Waals surface area contributed by atoms with E-state index in [1.165, 1.54) is 0 Å². The third-order valence-electron chi connectivity index (χ3n) is 3.19. The maximum atomic E-state index is 11.2. The average molecular weight is 148 g/mol. The molecule has 2 bridgehead atoms. The summed E-state index contributed by atoms with van der Waals surface area (Å²) >= 11 is 0. The molecule has 0 aromatic heterocycles. The summed E-state index contributed by atoms with van der Waals surface area (Å²) in [5, 5.41) is 0. The lowest BCUT2D eigenvalue weighted by molar-refractivity contribution is -0.142. The minimum Gasteiger partial charge on any atom is -0.290 e. The molecular formula is C9H8O2. The first-order valence-corrected chi connectivity index (χ1v) is 4.05. The van der Waals surface area contributed by atoms with Crippen LogP contribution in [0.5, 0.6) is 0 Å². The summed E-state index contributed by atoms with van der Waals surface area (Å²) in [5.74, 6) is 0.757. The molecule has 11 heavy (non-hydrogen) atoms. The largest absolute Gasteiger partial charge is 0.290 e. The van der Waals surface area contributed by atoms with Crippen LogP contribution in [0.3, 0.4) is 0 Å². The topological polar surface area (TPSA) is 34.1 Å². The highest BCUT2D eigenvalue weighted by Crippen LogP contribution is 2.56. The monoisotopic (exact) mass is 148 g/mol. The number of allylic oxidation sites excluding steroid dienone is 2. The first kappa shape index (κ1) is 5.70. The van der Waals surface area contributed by atoms with Gasteiger partial charge in [0.05, 0.1) is 0 Å². The maximum absolute atomic E-state index is 11.2. The first-order chi connectivity index (χ1) is 5.29. The average Bonchev–Trinajstić information content (AvgIpc) is 2.76. The number of hydrogen-bond donors (Lipinski definition) is 0. The van der Waals surface area contributed by atoms with Gasteiger partial charge in [-0.15, -0.1) is 0 Å². The van der Waals surface area contributed by atoms with Crippen LogP contribution in [-0.2, 0) is 9.59 Å². The highest BCUT2D eigenvalue weighted by molar-refractivity contribution is 6.41. The van der Waals surface area contributed by atoms with Crippen molar-refractivity contribution >= 4 is 11.6 Å². The number of fused-ring (bicyclic) bond motifs is 1. The van der Waals surface area contributed by atoms with Gasteiger partial charge in [-0.05, 0) is 18.3 Å². The van der Waals surface area contributed by atoms with Crippen molar-refractivity contribution in [3.63, 3.8) is 0 Å².